The van der Waals surface area contributed by atoms with Crippen LogP contribution in [0.5, 0.6) is 0 Å². The summed E-state index contributed by atoms with van der Waals surface area (Å²) in [7, 11) is 0. The van der Waals surface area contributed by atoms with Crippen molar-refractivity contribution in [3.05, 3.63) is 57.3 Å². The number of hydrogen-bond acceptors (Lipinski definition) is 4. The van der Waals surface area contributed by atoms with Crippen molar-refractivity contribution in [2.75, 3.05) is 18.5 Å². The van der Waals surface area contributed by atoms with Crippen molar-refractivity contribution in [1.29, 1.82) is 0 Å². The highest BCUT2D eigenvalue weighted by molar-refractivity contribution is 7.12. The number of anilines is 1. The first-order valence-electron chi connectivity index (χ1n) is 8.83. The SMILES string of the molecule is CCOC(=O)C=Cc1ccc(NCCCCc2cc(C)sc2C)cc1. The first kappa shape index (κ1) is 19.3. The van der Waals surface area contributed by atoms with Gasteiger partial charge >= 0.3 is 5.97 Å². The van der Waals surface area contributed by atoms with E-state index in [0.29, 0.717) is 6.61 Å². The monoisotopic (exact) mass is 357 g/mol. The fourth-order valence-corrected chi connectivity index (χ4v) is 3.65. The first-order chi connectivity index (χ1) is 12.1. The van der Waals surface area contributed by atoms with E-state index in [1.54, 1.807) is 13.0 Å². The van der Waals surface area contributed by atoms with E-state index in [2.05, 4.69) is 25.2 Å². The molecule has 1 N–H and O–H groups in total. The molecule has 1 aromatic heterocycles. The van der Waals surface area contributed by atoms with Crippen LogP contribution in [-0.4, -0.2) is 19.1 Å². The molecule has 0 saturated carbocycles. The second-order valence-electron chi connectivity index (χ2n) is 6.03. The highest BCUT2D eigenvalue weighted by Gasteiger charge is 2.02. The van der Waals surface area contributed by atoms with Gasteiger partial charge < -0.3 is 10.1 Å². The van der Waals surface area contributed by atoms with Crippen molar-refractivity contribution in [2.45, 2.75) is 40.0 Å². The fraction of sp³-hybridized carbons (Fsp3) is 0.381. The molecule has 0 saturated heterocycles. The van der Waals surface area contributed by atoms with Crippen LogP contribution >= 0.6 is 11.3 Å². The molecule has 2 rings (SSSR count). The van der Waals surface area contributed by atoms with Crippen molar-refractivity contribution >= 4 is 29.1 Å². The number of hydrogen-bond donors (Lipinski definition) is 1. The zero-order valence-corrected chi connectivity index (χ0v) is 16.1. The largest absolute Gasteiger partial charge is 0.463 e. The van der Waals surface area contributed by atoms with Gasteiger partial charge in [0, 0.05) is 28.1 Å². The van der Waals surface area contributed by atoms with Crippen LogP contribution in [0, 0.1) is 13.8 Å². The lowest BCUT2D eigenvalue weighted by Crippen LogP contribution is -2.02. The lowest BCUT2D eigenvalue weighted by Gasteiger charge is -2.07. The van der Waals surface area contributed by atoms with Crippen molar-refractivity contribution in [2.24, 2.45) is 0 Å². The molecule has 0 unspecified atom stereocenters. The lowest BCUT2D eigenvalue weighted by atomic mass is 10.1. The zero-order chi connectivity index (χ0) is 18.1. The summed E-state index contributed by atoms with van der Waals surface area (Å²) in [5.74, 6) is -0.305. The Morgan fingerprint density at radius 1 is 1.20 bits per heavy atom. The summed E-state index contributed by atoms with van der Waals surface area (Å²) in [4.78, 5) is 14.2. The number of benzene rings is 1. The molecule has 0 amide bonds. The third kappa shape index (κ3) is 6.75. The normalized spacial score (nSPS) is 11.0. The molecule has 0 aliphatic heterocycles. The van der Waals surface area contributed by atoms with Gasteiger partial charge in [-0.05, 0) is 75.4 Å². The number of nitrogens with one attached hydrogen (secondary N) is 1. The third-order valence-electron chi connectivity index (χ3n) is 3.95. The summed E-state index contributed by atoms with van der Waals surface area (Å²) in [6.45, 7) is 7.56. The van der Waals surface area contributed by atoms with E-state index < -0.39 is 0 Å². The molecule has 0 atom stereocenters. The van der Waals surface area contributed by atoms with E-state index in [1.807, 2.05) is 35.6 Å². The van der Waals surface area contributed by atoms with Gasteiger partial charge in [0.25, 0.3) is 0 Å². The van der Waals surface area contributed by atoms with Crippen LogP contribution in [0.4, 0.5) is 5.69 Å². The molecule has 0 fully saturated rings. The van der Waals surface area contributed by atoms with Crippen LogP contribution < -0.4 is 5.32 Å². The van der Waals surface area contributed by atoms with Crippen LogP contribution in [0.3, 0.4) is 0 Å². The molecule has 1 aromatic carbocycles. The molecule has 2 aromatic rings. The van der Waals surface area contributed by atoms with E-state index in [-0.39, 0.29) is 5.97 Å². The molecule has 0 aliphatic rings. The minimum absolute atomic E-state index is 0.305. The molecule has 0 spiro atoms. The van der Waals surface area contributed by atoms with E-state index in [4.69, 9.17) is 4.74 Å². The number of rotatable bonds is 9. The molecule has 134 valence electrons. The van der Waals surface area contributed by atoms with E-state index in [0.717, 1.165) is 30.6 Å². The number of esters is 1. The summed E-state index contributed by atoms with van der Waals surface area (Å²) >= 11 is 1.89. The smallest absolute Gasteiger partial charge is 0.330 e. The van der Waals surface area contributed by atoms with Gasteiger partial charge in [-0.25, -0.2) is 4.79 Å². The van der Waals surface area contributed by atoms with Crippen LogP contribution in [0.15, 0.2) is 36.4 Å². The molecule has 3 nitrogen and oxygen atoms in total. The molecule has 0 radical (unpaired) electrons. The average molecular weight is 358 g/mol. The number of unbranched alkanes of at least 4 members (excludes halogenated alkanes) is 1. The van der Waals surface area contributed by atoms with Gasteiger partial charge in [-0.1, -0.05) is 12.1 Å². The number of carbonyl (C=O) groups excluding carboxylic acids is 1. The fourth-order valence-electron chi connectivity index (χ4n) is 2.67. The Bertz CT molecular complexity index is 701. The minimum atomic E-state index is -0.305. The number of ether oxygens (including phenoxy) is 1. The van der Waals surface area contributed by atoms with Crippen LogP contribution in [-0.2, 0) is 16.0 Å². The van der Waals surface area contributed by atoms with Crippen molar-refractivity contribution in [1.82, 2.24) is 0 Å². The van der Waals surface area contributed by atoms with Crippen LogP contribution in [0.2, 0.25) is 0 Å². The molecule has 0 bridgehead atoms. The number of aryl methyl sites for hydroxylation is 3. The quantitative estimate of drug-likeness (QED) is 0.372. The van der Waals surface area contributed by atoms with Gasteiger partial charge in [0.05, 0.1) is 6.61 Å². The predicted molar refractivity (Wildman–Crippen MR) is 107 cm³/mol. The number of thiophene rings is 1. The topological polar surface area (TPSA) is 38.3 Å². The molecular formula is C21H27NO2S. The Morgan fingerprint density at radius 3 is 2.60 bits per heavy atom. The van der Waals surface area contributed by atoms with Crippen LogP contribution in [0.25, 0.3) is 6.08 Å². The van der Waals surface area contributed by atoms with Gasteiger partial charge in [-0.2, -0.15) is 0 Å². The van der Waals surface area contributed by atoms with Gasteiger partial charge in [0.15, 0.2) is 0 Å². The molecule has 0 aliphatic carbocycles. The molecule has 25 heavy (non-hydrogen) atoms. The van der Waals surface area contributed by atoms with Crippen molar-refractivity contribution in [3.8, 4) is 0 Å². The van der Waals surface area contributed by atoms with Gasteiger partial charge in [0.2, 0.25) is 0 Å². The van der Waals surface area contributed by atoms with E-state index in [9.17, 15) is 4.79 Å². The maximum absolute atomic E-state index is 11.3. The van der Waals surface area contributed by atoms with E-state index in [1.165, 1.54) is 27.8 Å². The Balaban J connectivity index is 1.69. The average Bonchev–Trinajstić information content (AvgIpc) is 2.91. The summed E-state index contributed by atoms with van der Waals surface area (Å²) in [6.07, 6.45) is 6.74. The standard InChI is InChI=1S/C21H27NO2S/c1-4-24-21(23)13-10-18-8-11-20(12-9-18)22-14-6-5-7-19-15-16(2)25-17(19)3/h8-13,15,22H,4-7,14H2,1-3H3. The maximum Gasteiger partial charge on any atom is 0.330 e. The second kappa shape index (κ2) is 10.0. The molecule has 1 heterocycles. The highest BCUT2D eigenvalue weighted by Crippen LogP contribution is 2.22. The second-order valence-corrected chi connectivity index (χ2v) is 7.49. The van der Waals surface area contributed by atoms with Gasteiger partial charge in [-0.15, -0.1) is 11.3 Å². The Kier molecular flexibility index (Phi) is 7.74. The summed E-state index contributed by atoms with van der Waals surface area (Å²) in [5.41, 5.74) is 3.60. The Morgan fingerprint density at radius 2 is 1.96 bits per heavy atom. The van der Waals surface area contributed by atoms with Gasteiger partial charge in [0.1, 0.15) is 0 Å². The first-order valence-corrected chi connectivity index (χ1v) is 9.65. The Labute approximate surface area is 154 Å². The Hall–Kier alpha value is -2.07. The molecule has 4 heteroatoms. The highest BCUT2D eigenvalue weighted by atomic mass is 32.1. The number of carbonyl (C=O) groups is 1. The summed E-state index contributed by atoms with van der Waals surface area (Å²) < 4.78 is 4.87. The lowest BCUT2D eigenvalue weighted by molar-refractivity contribution is -0.137. The van der Waals surface area contributed by atoms with E-state index >= 15 is 0 Å². The van der Waals surface area contributed by atoms with Crippen molar-refractivity contribution in [3.63, 3.8) is 0 Å². The zero-order valence-electron chi connectivity index (χ0n) is 15.3. The predicted octanol–water partition coefficient (Wildman–Crippen LogP) is 5.38. The molecular weight excluding hydrogens is 330 g/mol. The maximum atomic E-state index is 11.3. The minimum Gasteiger partial charge on any atom is -0.463 e. The third-order valence-corrected chi connectivity index (χ3v) is 4.96. The summed E-state index contributed by atoms with van der Waals surface area (Å²) in [6, 6.07) is 10.4. The van der Waals surface area contributed by atoms with Crippen LogP contribution in [0.1, 0.15) is 40.6 Å². The summed E-state index contributed by atoms with van der Waals surface area (Å²) in [5, 5.41) is 3.45. The van der Waals surface area contributed by atoms with Gasteiger partial charge in [-0.3, -0.25) is 0 Å². The van der Waals surface area contributed by atoms with Crippen molar-refractivity contribution < 1.29 is 9.53 Å².